The van der Waals surface area contributed by atoms with Gasteiger partial charge in [-0.15, -0.1) is 0 Å². The van der Waals surface area contributed by atoms with Crippen molar-refractivity contribution in [3.05, 3.63) is 29.8 Å². The van der Waals surface area contributed by atoms with Crippen molar-refractivity contribution in [3.63, 3.8) is 0 Å². The Labute approximate surface area is 126 Å². The van der Waals surface area contributed by atoms with E-state index >= 15 is 0 Å². The van der Waals surface area contributed by atoms with Crippen LogP contribution in [-0.2, 0) is 15.5 Å². The van der Waals surface area contributed by atoms with Crippen LogP contribution in [0.2, 0.25) is 0 Å². The van der Waals surface area contributed by atoms with Gasteiger partial charge in [-0.25, -0.2) is 0 Å². The first-order valence-electron chi connectivity index (χ1n) is 8.05. The number of fused-ring (bicyclic) bond motifs is 2. The summed E-state index contributed by atoms with van der Waals surface area (Å²) in [6, 6.07) is 7.05. The van der Waals surface area contributed by atoms with E-state index in [0.29, 0.717) is 0 Å². The molecule has 0 aliphatic heterocycles. The summed E-state index contributed by atoms with van der Waals surface area (Å²) in [7, 11) is -4.08. The second-order valence-corrected chi connectivity index (χ2v) is 8.80. The Bertz CT molecular complexity index is 631. The van der Waals surface area contributed by atoms with E-state index in [0.717, 1.165) is 17.8 Å². The Morgan fingerprint density at radius 3 is 2.05 bits per heavy atom. The van der Waals surface area contributed by atoms with Gasteiger partial charge in [-0.2, -0.15) is 8.42 Å². The maximum atomic E-state index is 11.2. The molecule has 1 N–H and O–H groups in total. The molecule has 1 aromatic carbocycles. The maximum Gasteiger partial charge on any atom is 0.294 e. The molecule has 0 radical (unpaired) electrons. The lowest BCUT2D eigenvalue weighted by Gasteiger charge is -2.57. The van der Waals surface area contributed by atoms with Crippen molar-refractivity contribution in [3.8, 4) is 0 Å². The summed E-state index contributed by atoms with van der Waals surface area (Å²) < 4.78 is 31.6. The molecule has 3 saturated carbocycles. The first kappa shape index (κ1) is 13.8. The van der Waals surface area contributed by atoms with Crippen LogP contribution >= 0.6 is 0 Å². The lowest BCUT2D eigenvalue weighted by Crippen LogP contribution is -2.49. The van der Waals surface area contributed by atoms with E-state index in [2.05, 4.69) is 0 Å². The van der Waals surface area contributed by atoms with Gasteiger partial charge in [0.2, 0.25) is 0 Å². The predicted molar refractivity (Wildman–Crippen MR) is 80.7 cm³/mol. The SMILES string of the molecule is O=S(=O)(O)c1ccc(C23CC4CCC2CCC(C4)C3)cc1. The predicted octanol–water partition coefficient (Wildman–Crippen LogP) is 3.79. The molecule has 0 spiro atoms. The van der Waals surface area contributed by atoms with E-state index in [9.17, 15) is 8.42 Å². The lowest BCUT2D eigenvalue weighted by atomic mass is 9.47. The van der Waals surface area contributed by atoms with Crippen LogP contribution in [0, 0.1) is 17.8 Å². The van der Waals surface area contributed by atoms with Crippen LogP contribution in [0.5, 0.6) is 0 Å². The van der Waals surface area contributed by atoms with Crippen LogP contribution in [0.4, 0.5) is 0 Å². The van der Waals surface area contributed by atoms with Crippen molar-refractivity contribution in [2.24, 2.45) is 17.8 Å². The fourth-order valence-corrected chi connectivity index (χ4v) is 6.01. The standard InChI is InChI=1S/C17H22O3S/c18-21(19,20)16-7-5-15(6-8-16)17-10-12-1-3-14(17)4-2-13(9-12)11-17/h5-8,12-14H,1-4,9-11H2,(H,18,19,20). The molecule has 1 aromatic rings. The zero-order valence-electron chi connectivity index (χ0n) is 12.2. The van der Waals surface area contributed by atoms with Gasteiger partial charge >= 0.3 is 0 Å². The lowest BCUT2D eigenvalue weighted by molar-refractivity contribution is 0.000412. The summed E-state index contributed by atoms with van der Waals surface area (Å²) >= 11 is 0. The Morgan fingerprint density at radius 2 is 1.52 bits per heavy atom. The largest absolute Gasteiger partial charge is 0.294 e. The van der Waals surface area contributed by atoms with Gasteiger partial charge in [-0.05, 0) is 73.0 Å². The van der Waals surface area contributed by atoms with Gasteiger partial charge in [0.05, 0.1) is 4.90 Å². The molecule has 3 bridgehead atoms. The van der Waals surface area contributed by atoms with Gasteiger partial charge in [0.25, 0.3) is 10.1 Å². The number of benzene rings is 1. The minimum atomic E-state index is -4.08. The molecule has 3 aliphatic carbocycles. The van der Waals surface area contributed by atoms with Crippen molar-refractivity contribution >= 4 is 10.1 Å². The van der Waals surface area contributed by atoms with Gasteiger partial charge < -0.3 is 0 Å². The van der Waals surface area contributed by atoms with E-state index in [1.807, 2.05) is 12.1 Å². The summed E-state index contributed by atoms with van der Waals surface area (Å²) in [4.78, 5) is 0.0102. The average Bonchev–Trinajstić information content (AvgIpc) is 2.44. The van der Waals surface area contributed by atoms with Gasteiger partial charge in [0, 0.05) is 0 Å². The normalized spacial score (nSPS) is 38.4. The molecule has 21 heavy (non-hydrogen) atoms. The van der Waals surface area contributed by atoms with Crippen LogP contribution in [0.1, 0.15) is 50.5 Å². The van der Waals surface area contributed by atoms with E-state index in [-0.39, 0.29) is 10.3 Å². The van der Waals surface area contributed by atoms with Crippen molar-refractivity contribution in [1.29, 1.82) is 0 Å². The summed E-state index contributed by atoms with van der Waals surface area (Å²) in [6.45, 7) is 0. The number of hydrogen-bond acceptors (Lipinski definition) is 2. The molecule has 0 heterocycles. The second-order valence-electron chi connectivity index (χ2n) is 7.38. The Morgan fingerprint density at radius 1 is 0.952 bits per heavy atom. The molecular weight excluding hydrogens is 284 g/mol. The summed E-state index contributed by atoms with van der Waals surface area (Å²) in [5.41, 5.74) is 1.58. The van der Waals surface area contributed by atoms with Crippen molar-refractivity contribution in [2.45, 2.75) is 55.3 Å². The summed E-state index contributed by atoms with van der Waals surface area (Å²) in [5.74, 6) is 2.49. The smallest absolute Gasteiger partial charge is 0.282 e. The number of rotatable bonds is 2. The molecule has 4 heteroatoms. The zero-order valence-corrected chi connectivity index (χ0v) is 13.0. The highest BCUT2D eigenvalue weighted by atomic mass is 32.2. The van der Waals surface area contributed by atoms with Gasteiger partial charge in [0.1, 0.15) is 0 Å². The molecule has 0 amide bonds. The van der Waals surface area contributed by atoms with Crippen molar-refractivity contribution in [2.75, 3.05) is 0 Å². The van der Waals surface area contributed by atoms with E-state index in [1.165, 1.54) is 50.5 Å². The van der Waals surface area contributed by atoms with Crippen LogP contribution in [-0.4, -0.2) is 13.0 Å². The molecule has 3 aliphatic rings. The zero-order chi connectivity index (χ0) is 14.7. The van der Waals surface area contributed by atoms with E-state index in [4.69, 9.17) is 4.55 Å². The fraction of sp³-hybridized carbons (Fsp3) is 0.647. The fourth-order valence-electron chi connectivity index (χ4n) is 5.53. The topological polar surface area (TPSA) is 54.4 Å². The number of hydrogen-bond donors (Lipinski definition) is 1. The Balaban J connectivity index is 1.74. The molecule has 3 nitrogen and oxygen atoms in total. The first-order valence-corrected chi connectivity index (χ1v) is 9.49. The minimum absolute atomic E-state index is 0.0102. The maximum absolute atomic E-state index is 11.2. The molecule has 0 aromatic heterocycles. The van der Waals surface area contributed by atoms with Gasteiger partial charge in [-0.3, -0.25) is 4.55 Å². The third kappa shape index (κ3) is 2.15. The Hall–Kier alpha value is -0.870. The molecular formula is C17H22O3S. The second kappa shape index (κ2) is 4.56. The molecule has 4 rings (SSSR count). The third-order valence-electron chi connectivity index (χ3n) is 6.33. The first-order chi connectivity index (χ1) is 9.97. The monoisotopic (exact) mass is 306 g/mol. The minimum Gasteiger partial charge on any atom is -0.282 e. The molecule has 2 atom stereocenters. The Kier molecular flexibility index (Phi) is 2.99. The van der Waals surface area contributed by atoms with E-state index in [1.54, 1.807) is 12.1 Å². The van der Waals surface area contributed by atoms with Crippen molar-refractivity contribution < 1.29 is 13.0 Å². The third-order valence-corrected chi connectivity index (χ3v) is 7.20. The van der Waals surface area contributed by atoms with Crippen LogP contribution in [0.15, 0.2) is 29.2 Å². The molecule has 3 fully saturated rings. The van der Waals surface area contributed by atoms with E-state index < -0.39 is 10.1 Å². The van der Waals surface area contributed by atoms with Crippen LogP contribution < -0.4 is 0 Å². The molecule has 2 unspecified atom stereocenters. The molecule has 0 saturated heterocycles. The quantitative estimate of drug-likeness (QED) is 0.846. The summed E-state index contributed by atoms with van der Waals surface area (Å²) in [5, 5.41) is 0. The highest BCUT2D eigenvalue weighted by Gasteiger charge is 2.52. The highest BCUT2D eigenvalue weighted by molar-refractivity contribution is 7.85. The van der Waals surface area contributed by atoms with Gasteiger partial charge in [-0.1, -0.05) is 25.0 Å². The molecule has 114 valence electrons. The average molecular weight is 306 g/mol. The van der Waals surface area contributed by atoms with Gasteiger partial charge in [0.15, 0.2) is 0 Å². The van der Waals surface area contributed by atoms with Crippen LogP contribution in [0.25, 0.3) is 0 Å². The van der Waals surface area contributed by atoms with Crippen molar-refractivity contribution in [1.82, 2.24) is 0 Å². The van der Waals surface area contributed by atoms with Crippen LogP contribution in [0.3, 0.4) is 0 Å². The highest BCUT2D eigenvalue weighted by Crippen LogP contribution is 2.60. The summed E-state index contributed by atoms with van der Waals surface area (Å²) in [6.07, 6.45) is 9.38.